The topological polar surface area (TPSA) is 37.4 Å². The number of carbonyl (C=O) groups is 2. The first-order valence-electron chi connectivity index (χ1n) is 5.56. The fourth-order valence-electron chi connectivity index (χ4n) is 2.86. The van der Waals surface area contributed by atoms with Gasteiger partial charge in [0.05, 0.1) is 12.1 Å². The maximum atomic E-state index is 11.9. The van der Waals surface area contributed by atoms with E-state index in [0.717, 1.165) is 17.5 Å². The first kappa shape index (κ1) is 9.58. The van der Waals surface area contributed by atoms with Crippen LogP contribution in [0.1, 0.15) is 35.7 Å². The quantitative estimate of drug-likeness (QED) is 0.660. The van der Waals surface area contributed by atoms with Crippen LogP contribution in [-0.2, 0) is 10.3 Å². The van der Waals surface area contributed by atoms with Gasteiger partial charge in [-0.1, -0.05) is 24.3 Å². The molecule has 16 heavy (non-hydrogen) atoms. The molecule has 1 saturated heterocycles. The second-order valence-corrected chi connectivity index (χ2v) is 4.72. The molecule has 0 spiro atoms. The second kappa shape index (κ2) is 2.94. The molecule has 1 aromatic carbocycles. The molecule has 0 bridgehead atoms. The molecule has 0 aliphatic carbocycles. The highest BCUT2D eigenvalue weighted by Gasteiger charge is 2.47. The maximum Gasteiger partial charge on any atom is 0.223 e. The lowest BCUT2D eigenvalue weighted by Gasteiger charge is -2.40. The first-order chi connectivity index (χ1) is 7.63. The van der Waals surface area contributed by atoms with Gasteiger partial charge in [-0.05, 0) is 18.9 Å². The van der Waals surface area contributed by atoms with Crippen molar-refractivity contribution in [1.82, 2.24) is 4.90 Å². The van der Waals surface area contributed by atoms with Gasteiger partial charge in [0.15, 0.2) is 5.78 Å². The van der Waals surface area contributed by atoms with Crippen molar-refractivity contribution in [2.75, 3.05) is 6.54 Å². The van der Waals surface area contributed by atoms with Crippen LogP contribution >= 0.6 is 0 Å². The molecule has 2 aliphatic heterocycles. The van der Waals surface area contributed by atoms with E-state index in [-0.39, 0.29) is 23.8 Å². The highest BCUT2D eigenvalue weighted by Crippen LogP contribution is 2.43. The Kier molecular flexibility index (Phi) is 1.76. The zero-order valence-corrected chi connectivity index (χ0v) is 9.19. The van der Waals surface area contributed by atoms with Crippen molar-refractivity contribution in [3.8, 4) is 0 Å². The fourth-order valence-corrected chi connectivity index (χ4v) is 2.86. The van der Waals surface area contributed by atoms with E-state index in [1.807, 2.05) is 24.3 Å². The Morgan fingerprint density at radius 1 is 1.25 bits per heavy atom. The number of Topliss-reactive ketones (excluding diaryl/α,β-unsaturated/α-hetero) is 1. The van der Waals surface area contributed by atoms with Gasteiger partial charge in [0.1, 0.15) is 0 Å². The summed E-state index contributed by atoms with van der Waals surface area (Å²) in [5, 5.41) is 0. The minimum atomic E-state index is -0.262. The van der Waals surface area contributed by atoms with Gasteiger partial charge in [-0.3, -0.25) is 9.59 Å². The molecule has 0 aromatic heterocycles. The van der Waals surface area contributed by atoms with E-state index < -0.39 is 0 Å². The van der Waals surface area contributed by atoms with Gasteiger partial charge >= 0.3 is 0 Å². The summed E-state index contributed by atoms with van der Waals surface area (Å²) in [4.78, 5) is 25.4. The summed E-state index contributed by atoms with van der Waals surface area (Å²) >= 11 is 0. The molecular weight excluding hydrogens is 202 g/mol. The Morgan fingerprint density at radius 2 is 2.00 bits per heavy atom. The Labute approximate surface area is 94.1 Å². The summed E-state index contributed by atoms with van der Waals surface area (Å²) in [5.74, 6) is 0.161. The fraction of sp³-hybridized carbons (Fsp3) is 0.385. The molecule has 0 radical (unpaired) electrons. The van der Waals surface area contributed by atoms with E-state index in [0.29, 0.717) is 6.42 Å². The van der Waals surface area contributed by atoms with E-state index >= 15 is 0 Å². The first-order valence-corrected chi connectivity index (χ1v) is 5.56. The number of rotatable bonds is 0. The largest absolute Gasteiger partial charge is 0.325 e. The van der Waals surface area contributed by atoms with Gasteiger partial charge in [-0.2, -0.15) is 0 Å². The average molecular weight is 215 g/mol. The van der Waals surface area contributed by atoms with Gasteiger partial charge in [0.2, 0.25) is 5.91 Å². The van der Waals surface area contributed by atoms with Crippen molar-refractivity contribution in [3.63, 3.8) is 0 Å². The molecule has 1 atom stereocenters. The summed E-state index contributed by atoms with van der Waals surface area (Å²) in [6.45, 7) is 2.30. The standard InChI is InChI=1S/C13H13NO2/c1-13-7-6-12(16)14(13)8-11(15)9-4-2-3-5-10(9)13/h2-5H,6-8H2,1H3. The minimum absolute atomic E-state index is 0.0586. The lowest BCUT2D eigenvalue weighted by Crippen LogP contribution is -2.48. The van der Waals surface area contributed by atoms with Gasteiger partial charge in [0, 0.05) is 12.0 Å². The summed E-state index contributed by atoms with van der Waals surface area (Å²) in [6, 6.07) is 7.65. The van der Waals surface area contributed by atoms with Gasteiger partial charge in [-0.25, -0.2) is 0 Å². The van der Waals surface area contributed by atoms with Crippen molar-refractivity contribution >= 4 is 11.7 Å². The number of benzene rings is 1. The van der Waals surface area contributed by atoms with Crippen LogP contribution in [0.5, 0.6) is 0 Å². The van der Waals surface area contributed by atoms with E-state index in [1.165, 1.54) is 0 Å². The summed E-state index contributed by atoms with van der Waals surface area (Å²) in [5.41, 5.74) is 1.54. The third-order valence-corrected chi connectivity index (χ3v) is 3.83. The number of nitrogens with zero attached hydrogens (tertiary/aromatic N) is 1. The summed E-state index contributed by atoms with van der Waals surface area (Å²) < 4.78 is 0. The Morgan fingerprint density at radius 3 is 2.81 bits per heavy atom. The Bertz CT molecular complexity index is 494. The van der Waals surface area contributed by atoms with Gasteiger partial charge < -0.3 is 4.90 Å². The normalized spacial score (nSPS) is 27.9. The van der Waals surface area contributed by atoms with Crippen LogP contribution in [0.25, 0.3) is 0 Å². The van der Waals surface area contributed by atoms with Crippen LogP contribution in [0.2, 0.25) is 0 Å². The molecule has 2 aliphatic rings. The molecule has 1 amide bonds. The number of hydrogen-bond acceptors (Lipinski definition) is 2. The molecule has 3 rings (SSSR count). The van der Waals surface area contributed by atoms with Gasteiger partial charge in [-0.15, -0.1) is 0 Å². The van der Waals surface area contributed by atoms with Crippen LogP contribution in [0.15, 0.2) is 24.3 Å². The monoisotopic (exact) mass is 215 g/mol. The zero-order chi connectivity index (χ0) is 11.3. The number of amides is 1. The number of carbonyl (C=O) groups excluding carboxylic acids is 2. The average Bonchev–Trinajstić information content (AvgIpc) is 2.59. The van der Waals surface area contributed by atoms with Crippen LogP contribution in [0.4, 0.5) is 0 Å². The van der Waals surface area contributed by atoms with Crippen molar-refractivity contribution in [2.45, 2.75) is 25.3 Å². The van der Waals surface area contributed by atoms with Crippen LogP contribution in [0, 0.1) is 0 Å². The molecule has 1 fully saturated rings. The maximum absolute atomic E-state index is 11.9. The van der Waals surface area contributed by atoms with Crippen molar-refractivity contribution < 1.29 is 9.59 Å². The van der Waals surface area contributed by atoms with E-state index in [2.05, 4.69) is 6.92 Å². The third-order valence-electron chi connectivity index (χ3n) is 3.83. The van der Waals surface area contributed by atoms with Crippen molar-refractivity contribution in [2.24, 2.45) is 0 Å². The van der Waals surface area contributed by atoms with Crippen LogP contribution in [-0.4, -0.2) is 23.1 Å². The van der Waals surface area contributed by atoms with E-state index in [4.69, 9.17) is 0 Å². The SMILES string of the molecule is CC12CCC(=O)N1CC(=O)c1ccccc12. The molecule has 0 N–H and O–H groups in total. The molecule has 82 valence electrons. The van der Waals surface area contributed by atoms with Crippen molar-refractivity contribution in [3.05, 3.63) is 35.4 Å². The Balaban J connectivity index is 2.23. The highest BCUT2D eigenvalue weighted by molar-refractivity contribution is 6.03. The molecule has 1 unspecified atom stereocenters. The number of fused-ring (bicyclic) bond motifs is 3. The smallest absolute Gasteiger partial charge is 0.223 e. The van der Waals surface area contributed by atoms with Crippen LogP contribution < -0.4 is 0 Å². The number of hydrogen-bond donors (Lipinski definition) is 0. The molecule has 3 nitrogen and oxygen atoms in total. The van der Waals surface area contributed by atoms with E-state index in [1.54, 1.807) is 4.90 Å². The van der Waals surface area contributed by atoms with E-state index in [9.17, 15) is 9.59 Å². The van der Waals surface area contributed by atoms with Crippen molar-refractivity contribution in [1.29, 1.82) is 0 Å². The molecule has 1 aromatic rings. The Hall–Kier alpha value is -1.64. The lowest BCUT2D eigenvalue weighted by molar-refractivity contribution is -0.130. The number of ketones is 1. The predicted molar refractivity (Wildman–Crippen MR) is 59.1 cm³/mol. The molecule has 2 heterocycles. The predicted octanol–water partition coefficient (Wildman–Crippen LogP) is 1.72. The van der Waals surface area contributed by atoms with Gasteiger partial charge in [0.25, 0.3) is 0 Å². The zero-order valence-electron chi connectivity index (χ0n) is 9.19. The van der Waals surface area contributed by atoms with Crippen LogP contribution in [0.3, 0.4) is 0 Å². The molecule has 0 saturated carbocycles. The highest BCUT2D eigenvalue weighted by atomic mass is 16.2. The summed E-state index contributed by atoms with van der Waals surface area (Å²) in [6.07, 6.45) is 1.37. The minimum Gasteiger partial charge on any atom is -0.325 e. The summed E-state index contributed by atoms with van der Waals surface area (Å²) in [7, 11) is 0. The molecule has 3 heteroatoms. The second-order valence-electron chi connectivity index (χ2n) is 4.72. The molecular formula is C13H13NO2. The third kappa shape index (κ3) is 1.03. The lowest BCUT2D eigenvalue weighted by atomic mass is 9.81.